The molecule has 3 heterocycles. The van der Waals surface area contributed by atoms with Crippen LogP contribution in [0.15, 0.2) is 29.1 Å². The van der Waals surface area contributed by atoms with E-state index in [2.05, 4.69) is 20.6 Å². The molecule has 0 fully saturated rings. The minimum Gasteiger partial charge on any atom is -0.467 e. The van der Waals surface area contributed by atoms with Gasteiger partial charge in [0, 0.05) is 4.88 Å². The Morgan fingerprint density at radius 2 is 2.11 bits per heavy atom. The van der Waals surface area contributed by atoms with E-state index in [9.17, 15) is 9.59 Å². The van der Waals surface area contributed by atoms with Crippen molar-refractivity contribution in [2.24, 2.45) is 0 Å². The predicted octanol–water partition coefficient (Wildman–Crippen LogP) is 2.96. The highest BCUT2D eigenvalue weighted by Crippen LogP contribution is 2.38. The molecule has 0 unspecified atom stereocenters. The highest BCUT2D eigenvalue weighted by atomic mass is 32.1. The van der Waals surface area contributed by atoms with Crippen LogP contribution >= 0.6 is 11.3 Å². The van der Waals surface area contributed by atoms with Gasteiger partial charge >= 0.3 is 6.03 Å². The summed E-state index contributed by atoms with van der Waals surface area (Å²) in [4.78, 5) is 34.6. The number of aryl methyl sites for hydroxylation is 2. The number of nitrogens with zero attached hydrogens (tertiary/aromatic N) is 2. The van der Waals surface area contributed by atoms with Gasteiger partial charge in [0.2, 0.25) is 5.88 Å². The molecule has 0 bridgehead atoms. The molecule has 3 amide bonds. The third kappa shape index (κ3) is 4.14. The number of imide groups is 1. The molecule has 28 heavy (non-hydrogen) atoms. The molecule has 1 aliphatic carbocycles. The average molecular weight is 400 g/mol. The number of fused-ring (bicyclic) bond motifs is 3. The van der Waals surface area contributed by atoms with E-state index in [-0.39, 0.29) is 13.2 Å². The molecule has 9 heteroatoms. The van der Waals surface area contributed by atoms with Crippen LogP contribution in [-0.4, -0.2) is 28.5 Å². The van der Waals surface area contributed by atoms with Crippen molar-refractivity contribution in [3.63, 3.8) is 0 Å². The Hall–Kier alpha value is -2.94. The lowest BCUT2D eigenvalue weighted by atomic mass is 10.1. The van der Waals surface area contributed by atoms with Crippen molar-refractivity contribution in [3.8, 4) is 5.88 Å². The molecule has 1 aliphatic rings. The Morgan fingerprint density at radius 1 is 1.21 bits per heavy atom. The van der Waals surface area contributed by atoms with Crippen molar-refractivity contribution in [2.75, 3.05) is 6.61 Å². The zero-order valence-electron chi connectivity index (χ0n) is 15.2. The summed E-state index contributed by atoms with van der Waals surface area (Å²) in [6, 6.07) is 2.85. The van der Waals surface area contributed by atoms with Crippen molar-refractivity contribution in [3.05, 3.63) is 40.9 Å². The van der Waals surface area contributed by atoms with Crippen LogP contribution in [-0.2, 0) is 24.2 Å². The van der Waals surface area contributed by atoms with Crippen molar-refractivity contribution < 1.29 is 18.7 Å². The van der Waals surface area contributed by atoms with Gasteiger partial charge < -0.3 is 14.5 Å². The second-order valence-electron chi connectivity index (χ2n) is 6.52. The minimum absolute atomic E-state index is 0.195. The number of carbonyl (C=O) groups is 2. The fourth-order valence-electron chi connectivity index (χ4n) is 3.27. The minimum atomic E-state index is -0.609. The number of rotatable bonds is 5. The van der Waals surface area contributed by atoms with Crippen molar-refractivity contribution in [1.82, 2.24) is 20.6 Å². The molecule has 0 radical (unpaired) electrons. The molecule has 146 valence electrons. The van der Waals surface area contributed by atoms with E-state index in [0.29, 0.717) is 11.6 Å². The van der Waals surface area contributed by atoms with E-state index in [1.165, 1.54) is 35.9 Å². The van der Waals surface area contributed by atoms with Crippen molar-refractivity contribution >= 4 is 33.5 Å². The maximum atomic E-state index is 12.0. The SMILES string of the molecule is O=C(COc1ncnc2sc3c(c12)CCCCC3)NC(=O)NCc1ccco1. The summed E-state index contributed by atoms with van der Waals surface area (Å²) in [5, 5.41) is 5.68. The van der Waals surface area contributed by atoms with Crippen LogP contribution in [0.4, 0.5) is 4.79 Å². The predicted molar refractivity (Wildman–Crippen MR) is 103 cm³/mol. The summed E-state index contributed by atoms with van der Waals surface area (Å²) in [6.07, 6.45) is 8.50. The number of thiophene rings is 1. The third-order valence-electron chi connectivity index (χ3n) is 4.56. The topological polar surface area (TPSA) is 106 Å². The quantitative estimate of drug-likeness (QED) is 0.638. The van der Waals surface area contributed by atoms with E-state index in [0.717, 1.165) is 29.5 Å². The molecule has 0 spiro atoms. The Bertz CT molecular complexity index is 983. The van der Waals surface area contributed by atoms with Gasteiger partial charge in [0.05, 0.1) is 18.2 Å². The van der Waals surface area contributed by atoms with Crippen LogP contribution < -0.4 is 15.4 Å². The lowest BCUT2D eigenvalue weighted by Crippen LogP contribution is -2.41. The molecule has 0 aromatic carbocycles. The zero-order valence-corrected chi connectivity index (χ0v) is 16.0. The Morgan fingerprint density at radius 3 is 2.96 bits per heavy atom. The highest BCUT2D eigenvalue weighted by molar-refractivity contribution is 7.18. The van der Waals surface area contributed by atoms with Gasteiger partial charge in [-0.1, -0.05) is 6.42 Å². The first-order valence-electron chi connectivity index (χ1n) is 9.19. The molecule has 3 aromatic rings. The van der Waals surface area contributed by atoms with Gasteiger partial charge in [0.15, 0.2) is 6.61 Å². The number of amides is 3. The summed E-state index contributed by atoms with van der Waals surface area (Å²) in [5.74, 6) is 0.445. The fraction of sp³-hybridized carbons (Fsp3) is 0.368. The number of ether oxygens (including phenoxy) is 1. The van der Waals surface area contributed by atoms with Gasteiger partial charge in [-0.2, -0.15) is 0 Å². The third-order valence-corrected chi connectivity index (χ3v) is 5.76. The molecule has 8 nitrogen and oxygen atoms in total. The molecule has 0 atom stereocenters. The highest BCUT2D eigenvalue weighted by Gasteiger charge is 2.20. The maximum Gasteiger partial charge on any atom is 0.321 e. The first-order valence-corrected chi connectivity index (χ1v) is 10.0. The van der Waals surface area contributed by atoms with E-state index >= 15 is 0 Å². The van der Waals surface area contributed by atoms with Crippen LogP contribution in [0.2, 0.25) is 0 Å². The first kappa shape index (κ1) is 18.4. The van der Waals surface area contributed by atoms with Gasteiger partial charge in [-0.3, -0.25) is 10.1 Å². The summed E-state index contributed by atoms with van der Waals surface area (Å²) in [5.41, 5.74) is 1.24. The smallest absolute Gasteiger partial charge is 0.321 e. The molecule has 3 aromatic heterocycles. The van der Waals surface area contributed by atoms with E-state index < -0.39 is 11.9 Å². The van der Waals surface area contributed by atoms with Gasteiger partial charge in [-0.15, -0.1) is 11.3 Å². The lowest BCUT2D eigenvalue weighted by Gasteiger charge is -2.08. The van der Waals surface area contributed by atoms with Gasteiger partial charge in [0.25, 0.3) is 5.91 Å². The standard InChI is InChI=1S/C19H20N4O4S/c24-15(23-19(25)20-9-12-5-4-8-26-12)10-27-17-16-13-6-2-1-3-7-14(13)28-18(16)22-11-21-17/h4-5,8,11H,1-3,6-7,9-10H2,(H2,20,23,24,25). The largest absolute Gasteiger partial charge is 0.467 e. The number of aromatic nitrogens is 2. The summed E-state index contributed by atoms with van der Waals surface area (Å²) < 4.78 is 10.8. The second kappa shape index (κ2) is 8.39. The first-order chi connectivity index (χ1) is 13.7. The number of hydrogen-bond donors (Lipinski definition) is 2. The van der Waals surface area contributed by atoms with Crippen LogP contribution in [0.1, 0.15) is 35.5 Å². The Balaban J connectivity index is 1.37. The number of furan rings is 1. The molecule has 0 saturated carbocycles. The van der Waals surface area contributed by atoms with E-state index in [1.807, 2.05) is 0 Å². The second-order valence-corrected chi connectivity index (χ2v) is 7.61. The zero-order chi connectivity index (χ0) is 19.3. The molecule has 4 rings (SSSR count). The molecule has 0 aliphatic heterocycles. The van der Waals surface area contributed by atoms with E-state index in [1.54, 1.807) is 23.5 Å². The summed E-state index contributed by atoms with van der Waals surface area (Å²) in [6.45, 7) is -0.106. The Kier molecular flexibility index (Phi) is 5.52. The van der Waals surface area contributed by atoms with E-state index in [4.69, 9.17) is 9.15 Å². The Labute approximate surface area is 165 Å². The molecular weight excluding hydrogens is 380 g/mol. The van der Waals surface area contributed by atoms with Crippen LogP contribution in [0.5, 0.6) is 5.88 Å². The lowest BCUT2D eigenvalue weighted by molar-refractivity contribution is -0.122. The normalized spacial score (nSPS) is 13.6. The summed E-state index contributed by atoms with van der Waals surface area (Å²) >= 11 is 1.67. The van der Waals surface area contributed by atoms with Crippen molar-refractivity contribution in [2.45, 2.75) is 38.6 Å². The number of nitrogens with one attached hydrogen (secondary N) is 2. The monoisotopic (exact) mass is 400 g/mol. The van der Waals surface area contributed by atoms with Crippen LogP contribution in [0.25, 0.3) is 10.2 Å². The summed E-state index contributed by atoms with van der Waals surface area (Å²) in [7, 11) is 0. The van der Waals surface area contributed by atoms with Crippen molar-refractivity contribution in [1.29, 1.82) is 0 Å². The van der Waals surface area contributed by atoms with Gasteiger partial charge in [-0.05, 0) is 43.4 Å². The fourth-order valence-corrected chi connectivity index (χ4v) is 4.49. The number of carbonyl (C=O) groups excluding carboxylic acids is 2. The number of hydrogen-bond acceptors (Lipinski definition) is 7. The molecule has 0 saturated heterocycles. The molecular formula is C19H20N4O4S. The number of urea groups is 1. The van der Waals surface area contributed by atoms with Crippen LogP contribution in [0.3, 0.4) is 0 Å². The maximum absolute atomic E-state index is 12.0. The van der Waals surface area contributed by atoms with Gasteiger partial charge in [-0.25, -0.2) is 14.8 Å². The van der Waals surface area contributed by atoms with Crippen LogP contribution in [0, 0.1) is 0 Å². The average Bonchev–Trinajstić information content (AvgIpc) is 3.27. The molecule has 2 N–H and O–H groups in total. The van der Waals surface area contributed by atoms with Gasteiger partial charge in [0.1, 0.15) is 16.9 Å².